The fourth-order valence-electron chi connectivity index (χ4n) is 3.25. The summed E-state index contributed by atoms with van der Waals surface area (Å²) in [5, 5.41) is 0.610. The van der Waals surface area contributed by atoms with Crippen molar-refractivity contribution in [3.05, 3.63) is 58.6 Å². The van der Waals surface area contributed by atoms with E-state index in [-0.39, 0.29) is 18.5 Å². The van der Waals surface area contributed by atoms with Crippen LogP contribution in [0.25, 0.3) is 0 Å². The Labute approximate surface area is 162 Å². The normalized spacial score (nSPS) is 16.4. The van der Waals surface area contributed by atoms with E-state index in [0.29, 0.717) is 60.4 Å². The van der Waals surface area contributed by atoms with Crippen LogP contribution in [0.3, 0.4) is 0 Å². The average Bonchev–Trinajstić information content (AvgIpc) is 3.16. The standard InChI is InChI=1S/C20H19ClN2O4/c21-16-4-1-14(2-5-16)20(25)23-9-7-22(8-10-23)12-17(24)15-3-6-18-19(11-15)27-13-26-18/h1-6,11H,7-10,12-13H2. The zero-order valence-electron chi connectivity index (χ0n) is 14.7. The van der Waals surface area contributed by atoms with E-state index in [9.17, 15) is 9.59 Å². The maximum Gasteiger partial charge on any atom is 0.253 e. The SMILES string of the molecule is O=C(CN1CCN(C(=O)c2ccc(Cl)cc2)CC1)c1ccc2c(c1)OCO2. The first-order chi connectivity index (χ1) is 13.1. The Kier molecular flexibility index (Phi) is 5.01. The lowest BCUT2D eigenvalue weighted by Gasteiger charge is -2.34. The number of amides is 1. The summed E-state index contributed by atoms with van der Waals surface area (Å²) < 4.78 is 10.6. The summed E-state index contributed by atoms with van der Waals surface area (Å²) in [6.45, 7) is 3.02. The molecule has 6 nitrogen and oxygen atoms in total. The number of carbonyl (C=O) groups is 2. The van der Waals surface area contributed by atoms with E-state index in [4.69, 9.17) is 21.1 Å². The first-order valence-corrected chi connectivity index (χ1v) is 9.18. The van der Waals surface area contributed by atoms with Crippen LogP contribution in [0.15, 0.2) is 42.5 Å². The van der Waals surface area contributed by atoms with Gasteiger partial charge in [-0.1, -0.05) is 11.6 Å². The summed E-state index contributed by atoms with van der Waals surface area (Å²) >= 11 is 5.87. The maximum atomic E-state index is 12.6. The highest BCUT2D eigenvalue weighted by Gasteiger charge is 2.24. The molecule has 0 aliphatic carbocycles. The lowest BCUT2D eigenvalue weighted by molar-refractivity contribution is 0.0624. The van der Waals surface area contributed by atoms with Gasteiger partial charge in [-0.3, -0.25) is 14.5 Å². The van der Waals surface area contributed by atoms with Crippen molar-refractivity contribution < 1.29 is 19.1 Å². The van der Waals surface area contributed by atoms with Gasteiger partial charge in [-0.15, -0.1) is 0 Å². The van der Waals surface area contributed by atoms with Crippen molar-refractivity contribution >= 4 is 23.3 Å². The van der Waals surface area contributed by atoms with Gasteiger partial charge in [0.15, 0.2) is 17.3 Å². The molecule has 2 aliphatic rings. The molecule has 1 amide bonds. The van der Waals surface area contributed by atoms with Crippen molar-refractivity contribution in [2.24, 2.45) is 0 Å². The molecule has 2 aliphatic heterocycles. The van der Waals surface area contributed by atoms with Crippen molar-refractivity contribution in [3.8, 4) is 11.5 Å². The number of halogens is 1. The van der Waals surface area contributed by atoms with Crippen LogP contribution in [0.4, 0.5) is 0 Å². The zero-order chi connectivity index (χ0) is 18.8. The van der Waals surface area contributed by atoms with E-state index >= 15 is 0 Å². The second-order valence-corrected chi connectivity index (χ2v) is 7.00. The van der Waals surface area contributed by atoms with E-state index in [1.165, 1.54) is 0 Å². The molecule has 0 unspecified atom stereocenters. The minimum Gasteiger partial charge on any atom is -0.454 e. The summed E-state index contributed by atoms with van der Waals surface area (Å²) in [7, 11) is 0. The van der Waals surface area contributed by atoms with Crippen molar-refractivity contribution in [3.63, 3.8) is 0 Å². The van der Waals surface area contributed by atoms with Crippen LogP contribution in [0.2, 0.25) is 5.02 Å². The van der Waals surface area contributed by atoms with Crippen LogP contribution in [0.1, 0.15) is 20.7 Å². The number of Topliss-reactive ketones (excluding diaryl/α,β-unsaturated/α-hetero) is 1. The fraction of sp³-hybridized carbons (Fsp3) is 0.300. The summed E-state index contributed by atoms with van der Waals surface area (Å²) in [4.78, 5) is 29.0. The zero-order valence-corrected chi connectivity index (χ0v) is 15.4. The quantitative estimate of drug-likeness (QED) is 0.756. The van der Waals surface area contributed by atoms with Crippen LogP contribution in [-0.2, 0) is 0 Å². The lowest BCUT2D eigenvalue weighted by atomic mass is 10.1. The monoisotopic (exact) mass is 386 g/mol. The Hall–Kier alpha value is -2.57. The van der Waals surface area contributed by atoms with Crippen LogP contribution < -0.4 is 9.47 Å². The number of rotatable bonds is 4. The van der Waals surface area contributed by atoms with Gasteiger partial charge in [-0.2, -0.15) is 0 Å². The Bertz CT molecular complexity index is 861. The largest absolute Gasteiger partial charge is 0.454 e. The van der Waals surface area contributed by atoms with Gasteiger partial charge in [-0.05, 0) is 42.5 Å². The van der Waals surface area contributed by atoms with E-state index in [0.717, 1.165) is 0 Å². The van der Waals surface area contributed by atoms with Gasteiger partial charge in [0, 0.05) is 42.3 Å². The third kappa shape index (κ3) is 3.91. The second-order valence-electron chi connectivity index (χ2n) is 6.57. The van der Waals surface area contributed by atoms with Crippen LogP contribution >= 0.6 is 11.6 Å². The number of benzene rings is 2. The second kappa shape index (κ2) is 7.58. The number of ether oxygens (including phenoxy) is 2. The number of ketones is 1. The third-order valence-corrected chi connectivity index (χ3v) is 5.06. The summed E-state index contributed by atoms with van der Waals surface area (Å²) in [5.41, 5.74) is 1.24. The average molecular weight is 387 g/mol. The molecule has 0 spiro atoms. The Morgan fingerprint density at radius 1 is 0.889 bits per heavy atom. The van der Waals surface area contributed by atoms with Gasteiger partial charge in [0.2, 0.25) is 6.79 Å². The molecule has 140 valence electrons. The smallest absolute Gasteiger partial charge is 0.253 e. The molecular weight excluding hydrogens is 368 g/mol. The molecule has 2 aromatic carbocycles. The van der Waals surface area contributed by atoms with E-state index in [1.54, 1.807) is 42.5 Å². The number of fused-ring (bicyclic) bond motifs is 1. The first-order valence-electron chi connectivity index (χ1n) is 8.80. The van der Waals surface area contributed by atoms with Crippen molar-refractivity contribution in [2.75, 3.05) is 39.5 Å². The molecule has 7 heteroatoms. The summed E-state index contributed by atoms with van der Waals surface area (Å²) in [5.74, 6) is 1.30. The number of hydrogen-bond donors (Lipinski definition) is 0. The summed E-state index contributed by atoms with van der Waals surface area (Å²) in [6, 6.07) is 12.2. The minimum atomic E-state index is -0.00610. The van der Waals surface area contributed by atoms with Gasteiger partial charge in [-0.25, -0.2) is 0 Å². The molecule has 4 rings (SSSR count). The lowest BCUT2D eigenvalue weighted by Crippen LogP contribution is -2.49. The number of nitrogens with zero attached hydrogens (tertiary/aromatic N) is 2. The number of hydrogen-bond acceptors (Lipinski definition) is 5. The van der Waals surface area contributed by atoms with Crippen LogP contribution in [0.5, 0.6) is 11.5 Å². The molecule has 27 heavy (non-hydrogen) atoms. The molecular formula is C20H19ClN2O4. The minimum absolute atomic E-state index is 0.00610. The molecule has 0 bridgehead atoms. The molecule has 0 aromatic heterocycles. The molecule has 1 fully saturated rings. The molecule has 1 saturated heterocycles. The Morgan fingerprint density at radius 2 is 1.56 bits per heavy atom. The first kappa shape index (κ1) is 17.8. The Morgan fingerprint density at radius 3 is 2.30 bits per heavy atom. The third-order valence-electron chi connectivity index (χ3n) is 4.81. The Balaban J connectivity index is 1.32. The van der Waals surface area contributed by atoms with Crippen molar-refractivity contribution in [1.29, 1.82) is 0 Å². The molecule has 0 radical (unpaired) electrons. The molecule has 0 saturated carbocycles. The molecule has 0 N–H and O–H groups in total. The van der Waals surface area contributed by atoms with Crippen molar-refractivity contribution in [2.45, 2.75) is 0 Å². The van der Waals surface area contributed by atoms with Gasteiger partial charge in [0.05, 0.1) is 6.54 Å². The predicted octanol–water partition coefficient (Wildman–Crippen LogP) is 2.71. The number of piperazine rings is 1. The fourth-order valence-corrected chi connectivity index (χ4v) is 3.37. The highest BCUT2D eigenvalue weighted by Crippen LogP contribution is 2.32. The van der Waals surface area contributed by atoms with Crippen LogP contribution in [0, 0.1) is 0 Å². The van der Waals surface area contributed by atoms with Gasteiger partial charge in [0.1, 0.15) is 0 Å². The predicted molar refractivity (Wildman–Crippen MR) is 101 cm³/mol. The van der Waals surface area contributed by atoms with Crippen molar-refractivity contribution in [1.82, 2.24) is 9.80 Å². The number of carbonyl (C=O) groups excluding carboxylic acids is 2. The topological polar surface area (TPSA) is 59.1 Å². The molecule has 0 atom stereocenters. The van der Waals surface area contributed by atoms with E-state index in [1.807, 2.05) is 4.90 Å². The van der Waals surface area contributed by atoms with E-state index < -0.39 is 0 Å². The van der Waals surface area contributed by atoms with Gasteiger partial charge < -0.3 is 14.4 Å². The van der Waals surface area contributed by atoms with E-state index in [2.05, 4.69) is 4.90 Å². The van der Waals surface area contributed by atoms with Crippen LogP contribution in [-0.4, -0.2) is 61.0 Å². The summed E-state index contributed by atoms with van der Waals surface area (Å²) in [6.07, 6.45) is 0. The highest BCUT2D eigenvalue weighted by atomic mass is 35.5. The van der Waals surface area contributed by atoms with Gasteiger partial charge >= 0.3 is 0 Å². The molecule has 2 heterocycles. The highest BCUT2D eigenvalue weighted by molar-refractivity contribution is 6.30. The van der Waals surface area contributed by atoms with Gasteiger partial charge in [0.25, 0.3) is 5.91 Å². The maximum absolute atomic E-state index is 12.6. The molecule has 2 aromatic rings.